The number of hydrogen-bond acceptors (Lipinski definition) is 6. The van der Waals surface area contributed by atoms with Crippen LogP contribution in [0.1, 0.15) is 39.2 Å². The van der Waals surface area contributed by atoms with Crippen molar-refractivity contribution in [3.63, 3.8) is 0 Å². The number of aromatic amines is 1. The summed E-state index contributed by atoms with van der Waals surface area (Å²) >= 11 is 1.58. The number of hydrogen-bond donors (Lipinski definition) is 1. The number of H-pyrrole nitrogens is 1. The fourth-order valence-electron chi connectivity index (χ4n) is 3.29. The largest absolute Gasteiger partial charge is 0.461 e. The summed E-state index contributed by atoms with van der Waals surface area (Å²) in [5.41, 5.74) is 4.16. The van der Waals surface area contributed by atoms with Crippen LogP contribution in [-0.2, 0) is 24.8 Å². The summed E-state index contributed by atoms with van der Waals surface area (Å²) in [5, 5.41) is 15.3. The van der Waals surface area contributed by atoms with E-state index in [2.05, 4.69) is 15.3 Å². The number of carbonyl (C=O) groups excluding carboxylic acids is 2. The van der Waals surface area contributed by atoms with Gasteiger partial charge >= 0.3 is 5.97 Å². The molecule has 0 bridgehead atoms. The average Bonchev–Trinajstić information content (AvgIpc) is 3.41. The molecule has 0 fully saturated rings. The molecule has 9 heteroatoms. The van der Waals surface area contributed by atoms with E-state index in [1.807, 2.05) is 16.8 Å². The van der Waals surface area contributed by atoms with Crippen LogP contribution in [0.2, 0.25) is 0 Å². The Bertz CT molecular complexity index is 989. The zero-order chi connectivity index (χ0) is 19.0. The minimum Gasteiger partial charge on any atom is -0.461 e. The molecule has 0 aromatic carbocycles. The lowest BCUT2D eigenvalue weighted by atomic mass is 10.0. The molecule has 0 spiro atoms. The predicted molar refractivity (Wildman–Crippen MR) is 99.5 cm³/mol. The summed E-state index contributed by atoms with van der Waals surface area (Å²) in [6.45, 7) is 2.92. The number of esters is 1. The Morgan fingerprint density at radius 2 is 2.26 bits per heavy atom. The van der Waals surface area contributed by atoms with Crippen LogP contribution in [0.4, 0.5) is 0 Å². The highest BCUT2D eigenvalue weighted by Gasteiger charge is 2.30. The molecule has 0 aliphatic carbocycles. The van der Waals surface area contributed by atoms with Crippen molar-refractivity contribution in [2.45, 2.75) is 19.9 Å². The number of amides is 1. The van der Waals surface area contributed by atoms with Crippen LogP contribution < -0.4 is 0 Å². The second-order valence-electron chi connectivity index (χ2n) is 6.27. The zero-order valence-corrected chi connectivity index (χ0v) is 15.9. The summed E-state index contributed by atoms with van der Waals surface area (Å²) in [4.78, 5) is 26.8. The van der Waals surface area contributed by atoms with Gasteiger partial charge in [0.2, 0.25) is 0 Å². The summed E-state index contributed by atoms with van der Waals surface area (Å²) in [6.07, 6.45) is 0.634. The molecule has 1 aliphatic rings. The van der Waals surface area contributed by atoms with Crippen molar-refractivity contribution in [2.24, 2.45) is 7.05 Å². The van der Waals surface area contributed by atoms with Crippen LogP contribution in [-0.4, -0.2) is 49.9 Å². The Labute approximate surface area is 159 Å². The lowest BCUT2D eigenvalue weighted by Crippen LogP contribution is -2.37. The summed E-state index contributed by atoms with van der Waals surface area (Å²) < 4.78 is 6.80. The number of rotatable bonds is 4. The van der Waals surface area contributed by atoms with Crippen molar-refractivity contribution >= 4 is 23.2 Å². The van der Waals surface area contributed by atoms with Crippen LogP contribution in [0.25, 0.3) is 11.3 Å². The van der Waals surface area contributed by atoms with E-state index in [1.54, 1.807) is 41.0 Å². The monoisotopic (exact) mass is 385 g/mol. The highest BCUT2D eigenvalue weighted by Crippen LogP contribution is 2.25. The van der Waals surface area contributed by atoms with Gasteiger partial charge in [0.15, 0.2) is 5.69 Å². The molecule has 0 radical (unpaired) electrons. The van der Waals surface area contributed by atoms with Gasteiger partial charge in [-0.15, -0.1) is 0 Å². The minimum absolute atomic E-state index is 0.145. The van der Waals surface area contributed by atoms with Gasteiger partial charge in [-0.1, -0.05) is 0 Å². The van der Waals surface area contributed by atoms with Crippen molar-refractivity contribution in [3.05, 3.63) is 45.5 Å². The Balaban J connectivity index is 1.57. The highest BCUT2D eigenvalue weighted by molar-refractivity contribution is 7.08. The molecule has 1 aliphatic heterocycles. The van der Waals surface area contributed by atoms with E-state index in [0.717, 1.165) is 22.5 Å². The second-order valence-corrected chi connectivity index (χ2v) is 7.05. The van der Waals surface area contributed by atoms with Crippen molar-refractivity contribution in [2.75, 3.05) is 13.2 Å². The number of fused-ring (bicyclic) bond motifs is 1. The number of aromatic nitrogens is 4. The third kappa shape index (κ3) is 3.14. The number of carbonyl (C=O) groups is 2. The molecule has 1 N–H and O–H groups in total. The quantitative estimate of drug-likeness (QED) is 0.695. The smallest absolute Gasteiger partial charge is 0.359 e. The molecule has 0 atom stereocenters. The topological polar surface area (TPSA) is 93.1 Å². The average molecular weight is 385 g/mol. The van der Waals surface area contributed by atoms with Crippen LogP contribution in [0, 0.1) is 0 Å². The number of aryl methyl sites for hydroxylation is 1. The molecule has 140 valence electrons. The molecule has 3 aromatic heterocycles. The first-order valence-corrected chi connectivity index (χ1v) is 9.62. The molecular weight excluding hydrogens is 366 g/mol. The van der Waals surface area contributed by atoms with E-state index in [0.29, 0.717) is 25.2 Å². The molecule has 3 aromatic rings. The normalized spacial score (nSPS) is 13.5. The van der Waals surface area contributed by atoms with Crippen LogP contribution >= 0.6 is 11.3 Å². The molecule has 0 unspecified atom stereocenters. The summed E-state index contributed by atoms with van der Waals surface area (Å²) in [6, 6.07) is 3.72. The van der Waals surface area contributed by atoms with Gasteiger partial charge in [0.1, 0.15) is 5.69 Å². The van der Waals surface area contributed by atoms with E-state index in [-0.39, 0.29) is 18.2 Å². The highest BCUT2D eigenvalue weighted by atomic mass is 32.1. The summed E-state index contributed by atoms with van der Waals surface area (Å²) in [7, 11) is 1.81. The lowest BCUT2D eigenvalue weighted by molar-refractivity contribution is 0.0513. The van der Waals surface area contributed by atoms with Gasteiger partial charge in [-0.2, -0.15) is 21.5 Å². The lowest BCUT2D eigenvalue weighted by Gasteiger charge is -2.27. The molecule has 27 heavy (non-hydrogen) atoms. The Morgan fingerprint density at radius 3 is 3.00 bits per heavy atom. The number of thiophene rings is 1. The number of ether oxygens (including phenoxy) is 1. The fraction of sp³-hybridized carbons (Fsp3) is 0.333. The van der Waals surface area contributed by atoms with Gasteiger partial charge < -0.3 is 9.64 Å². The second kappa shape index (κ2) is 6.99. The summed E-state index contributed by atoms with van der Waals surface area (Å²) in [5.74, 6) is -0.599. The van der Waals surface area contributed by atoms with E-state index in [1.165, 1.54) is 0 Å². The third-order valence-corrected chi connectivity index (χ3v) is 5.31. The van der Waals surface area contributed by atoms with Gasteiger partial charge in [-0.25, -0.2) is 4.79 Å². The minimum atomic E-state index is -0.454. The molecule has 1 amide bonds. The Kier molecular flexibility index (Phi) is 4.53. The maximum atomic E-state index is 12.9. The molecular formula is C18H19N5O3S. The van der Waals surface area contributed by atoms with E-state index in [9.17, 15) is 9.59 Å². The standard InChI is InChI=1S/C18H19N5O3S/c1-3-26-18(25)16-12-9-23(6-4-15(12)22(2)21-16)17(24)14-8-13(19-20-14)11-5-7-27-10-11/h5,7-8,10H,3-4,6,9H2,1-2H3,(H,19,20). The maximum absolute atomic E-state index is 12.9. The van der Waals surface area contributed by atoms with Gasteiger partial charge in [-0.05, 0) is 24.4 Å². The van der Waals surface area contributed by atoms with Crippen LogP contribution in [0.5, 0.6) is 0 Å². The number of nitrogens with one attached hydrogen (secondary N) is 1. The van der Waals surface area contributed by atoms with Gasteiger partial charge in [0, 0.05) is 42.2 Å². The van der Waals surface area contributed by atoms with E-state index < -0.39 is 5.97 Å². The molecule has 8 nitrogen and oxygen atoms in total. The van der Waals surface area contributed by atoms with Crippen molar-refractivity contribution in [1.29, 1.82) is 0 Å². The van der Waals surface area contributed by atoms with Crippen LogP contribution in [0.3, 0.4) is 0 Å². The van der Waals surface area contributed by atoms with Crippen molar-refractivity contribution in [3.8, 4) is 11.3 Å². The maximum Gasteiger partial charge on any atom is 0.359 e. The fourth-order valence-corrected chi connectivity index (χ4v) is 3.94. The van der Waals surface area contributed by atoms with Gasteiger partial charge in [0.05, 0.1) is 18.8 Å². The molecule has 0 saturated heterocycles. The first kappa shape index (κ1) is 17.5. The van der Waals surface area contributed by atoms with Gasteiger partial charge in [-0.3, -0.25) is 14.6 Å². The van der Waals surface area contributed by atoms with Crippen LogP contribution in [0.15, 0.2) is 22.9 Å². The first-order valence-electron chi connectivity index (χ1n) is 8.67. The zero-order valence-electron chi connectivity index (χ0n) is 15.1. The van der Waals surface area contributed by atoms with E-state index >= 15 is 0 Å². The Hall–Kier alpha value is -2.94. The van der Waals surface area contributed by atoms with Crippen molar-refractivity contribution in [1.82, 2.24) is 24.9 Å². The first-order chi connectivity index (χ1) is 13.1. The molecule has 0 saturated carbocycles. The third-order valence-electron chi connectivity index (χ3n) is 4.62. The molecule has 4 heterocycles. The van der Waals surface area contributed by atoms with E-state index in [4.69, 9.17) is 4.74 Å². The van der Waals surface area contributed by atoms with Crippen molar-refractivity contribution < 1.29 is 14.3 Å². The predicted octanol–water partition coefficient (Wildman–Crippen LogP) is 2.25. The Morgan fingerprint density at radius 1 is 1.41 bits per heavy atom. The molecule has 4 rings (SSSR count). The SMILES string of the molecule is CCOC(=O)c1nn(C)c2c1CN(C(=O)c1cc(-c3ccsc3)n[nH]1)CC2. The number of nitrogens with zero attached hydrogens (tertiary/aromatic N) is 4. The van der Waals surface area contributed by atoms with Gasteiger partial charge in [0.25, 0.3) is 5.91 Å².